The summed E-state index contributed by atoms with van der Waals surface area (Å²) in [5.41, 5.74) is 5.19. The summed E-state index contributed by atoms with van der Waals surface area (Å²) >= 11 is 0. The van der Waals surface area contributed by atoms with Crippen LogP contribution in [0.4, 0.5) is 5.69 Å². The normalized spacial score (nSPS) is 21.7. The van der Waals surface area contributed by atoms with Gasteiger partial charge in [-0.1, -0.05) is 46.2 Å². The molecule has 264 valence electrons. The van der Waals surface area contributed by atoms with E-state index in [-0.39, 0.29) is 5.91 Å². The highest BCUT2D eigenvalue weighted by Crippen LogP contribution is 2.60. The molecule has 3 aromatic rings. The van der Waals surface area contributed by atoms with Crippen LogP contribution in [0.3, 0.4) is 0 Å². The van der Waals surface area contributed by atoms with Crippen LogP contribution in [0, 0.1) is 11.3 Å². The van der Waals surface area contributed by atoms with Crippen LogP contribution in [0.15, 0.2) is 12.3 Å². The third kappa shape index (κ3) is 7.81. The molecule has 1 aliphatic heterocycles. The van der Waals surface area contributed by atoms with Crippen LogP contribution in [-0.2, 0) is 45.3 Å². The van der Waals surface area contributed by atoms with Gasteiger partial charge in [-0.3, -0.25) is 14.3 Å². The van der Waals surface area contributed by atoms with Crippen molar-refractivity contribution in [3.05, 3.63) is 23.5 Å². The zero-order chi connectivity index (χ0) is 34.5. The fourth-order valence-corrected chi connectivity index (χ4v) is 8.41. The number of nitrogens with one attached hydrogen (secondary N) is 1. The van der Waals surface area contributed by atoms with Gasteiger partial charge in [0.2, 0.25) is 5.91 Å². The number of ether oxygens (including phenoxy) is 3. The topological polar surface area (TPSA) is 109 Å². The first kappa shape index (κ1) is 35.4. The Kier molecular flexibility index (Phi) is 9.86. The number of morpholine rings is 1. The number of aromatic nitrogens is 5. The standard InChI is InChI=1S/C35H57N7O4Si2/c1-34(2,40-10-12-44-13-11-40)33(43)37-26-19-28-31(36-22-26)41(23-45-14-16-47(4,5)6)32(38-28)30-27-18-25-20-35(25,3)21-29(27)42(39-30)24-46-15-17-48(7,8)9/h19,22,25H,10-18,20-21,23-24H2,1-9H3,(H,37,43)/t25-,35-/m1/s1. The van der Waals surface area contributed by atoms with Gasteiger partial charge >= 0.3 is 0 Å². The number of hydrogen-bond donors (Lipinski definition) is 1. The Morgan fingerprint density at radius 3 is 2.40 bits per heavy atom. The lowest BCUT2D eigenvalue weighted by molar-refractivity contribution is -0.129. The molecular weight excluding hydrogens is 639 g/mol. The summed E-state index contributed by atoms with van der Waals surface area (Å²) in [5.74, 6) is 1.37. The number of amides is 1. The zero-order valence-corrected chi connectivity index (χ0v) is 32.7. The number of carbonyl (C=O) groups excluding carboxylic acids is 1. The first-order valence-corrected chi connectivity index (χ1v) is 25.2. The predicted octanol–water partition coefficient (Wildman–Crippen LogP) is 6.09. The lowest BCUT2D eigenvalue weighted by Gasteiger charge is -2.39. The van der Waals surface area contributed by atoms with E-state index in [4.69, 9.17) is 29.3 Å². The van der Waals surface area contributed by atoms with Gasteiger partial charge in [0.25, 0.3) is 0 Å². The van der Waals surface area contributed by atoms with Crippen molar-refractivity contribution in [2.75, 3.05) is 44.8 Å². The minimum atomic E-state index is -1.26. The highest BCUT2D eigenvalue weighted by atomic mass is 28.3. The van der Waals surface area contributed by atoms with Crippen molar-refractivity contribution in [3.8, 4) is 11.5 Å². The second kappa shape index (κ2) is 13.4. The van der Waals surface area contributed by atoms with E-state index in [9.17, 15) is 4.79 Å². The van der Waals surface area contributed by atoms with E-state index < -0.39 is 21.7 Å². The van der Waals surface area contributed by atoms with Gasteiger partial charge in [0.05, 0.1) is 30.6 Å². The number of imidazole rings is 1. The van der Waals surface area contributed by atoms with E-state index in [0.717, 1.165) is 61.8 Å². The molecule has 1 saturated heterocycles. The van der Waals surface area contributed by atoms with E-state index >= 15 is 0 Å². The molecule has 2 atom stereocenters. The third-order valence-electron chi connectivity index (χ3n) is 10.6. The molecule has 4 heterocycles. The predicted molar refractivity (Wildman–Crippen MR) is 196 cm³/mol. The molecule has 2 fully saturated rings. The lowest BCUT2D eigenvalue weighted by Crippen LogP contribution is -2.56. The molecule has 48 heavy (non-hydrogen) atoms. The second-order valence-corrected chi connectivity index (χ2v) is 28.7. The van der Waals surface area contributed by atoms with E-state index in [2.05, 4.69) is 65.7 Å². The van der Waals surface area contributed by atoms with Crippen LogP contribution in [-0.4, -0.2) is 96.3 Å². The number of fused-ring (bicyclic) bond motifs is 3. The summed E-state index contributed by atoms with van der Waals surface area (Å²) < 4.78 is 22.2. The van der Waals surface area contributed by atoms with E-state index in [1.165, 1.54) is 17.7 Å². The summed E-state index contributed by atoms with van der Waals surface area (Å²) in [4.78, 5) is 25.7. The summed E-state index contributed by atoms with van der Waals surface area (Å²) in [5, 5.41) is 8.34. The fraction of sp³-hybridized carbons (Fsp3) is 0.714. The van der Waals surface area contributed by atoms with Crippen molar-refractivity contribution in [1.82, 2.24) is 29.2 Å². The Balaban J connectivity index is 1.32. The van der Waals surface area contributed by atoms with Crippen LogP contribution in [0.1, 0.15) is 38.4 Å². The largest absolute Gasteiger partial charge is 0.379 e. The number of anilines is 1. The molecule has 0 aromatic carbocycles. The van der Waals surface area contributed by atoms with Gasteiger partial charge in [-0.05, 0) is 62.6 Å². The van der Waals surface area contributed by atoms with Gasteiger partial charge in [0.1, 0.15) is 24.7 Å². The number of rotatable bonds is 14. The maximum absolute atomic E-state index is 13.5. The Labute approximate surface area is 288 Å². The molecule has 0 radical (unpaired) electrons. The van der Waals surface area contributed by atoms with Gasteiger partial charge < -0.3 is 19.5 Å². The first-order valence-electron chi connectivity index (χ1n) is 17.8. The highest BCUT2D eigenvalue weighted by molar-refractivity contribution is 6.76. The molecule has 3 aliphatic rings. The number of nitrogens with zero attached hydrogens (tertiary/aromatic N) is 6. The summed E-state index contributed by atoms with van der Waals surface area (Å²) in [6.45, 7) is 25.5. The molecule has 1 saturated carbocycles. The molecule has 1 amide bonds. The molecule has 13 heteroatoms. The van der Waals surface area contributed by atoms with E-state index in [0.29, 0.717) is 55.8 Å². The lowest BCUT2D eigenvalue weighted by atomic mass is 9.87. The molecular formula is C35H57N7O4Si2. The Bertz CT molecular complexity index is 1630. The van der Waals surface area contributed by atoms with Crippen molar-refractivity contribution >= 4 is 38.9 Å². The smallest absolute Gasteiger partial charge is 0.244 e. The van der Waals surface area contributed by atoms with Gasteiger partial charge in [0, 0.05) is 53.7 Å². The van der Waals surface area contributed by atoms with Crippen molar-refractivity contribution < 1.29 is 19.0 Å². The monoisotopic (exact) mass is 695 g/mol. The molecule has 0 unspecified atom stereocenters. The van der Waals surface area contributed by atoms with Crippen molar-refractivity contribution in [3.63, 3.8) is 0 Å². The van der Waals surface area contributed by atoms with Crippen molar-refractivity contribution in [1.29, 1.82) is 0 Å². The molecule has 6 rings (SSSR count). The summed E-state index contributed by atoms with van der Waals surface area (Å²) in [6.07, 6.45) is 4.99. The van der Waals surface area contributed by atoms with Gasteiger partial charge in [0.15, 0.2) is 11.5 Å². The molecule has 11 nitrogen and oxygen atoms in total. The average molecular weight is 696 g/mol. The highest BCUT2D eigenvalue weighted by Gasteiger charge is 2.54. The van der Waals surface area contributed by atoms with Gasteiger partial charge in [-0.25, -0.2) is 14.6 Å². The van der Waals surface area contributed by atoms with Crippen LogP contribution >= 0.6 is 0 Å². The molecule has 0 spiro atoms. The summed E-state index contributed by atoms with van der Waals surface area (Å²) in [7, 11) is -2.46. The third-order valence-corrected chi connectivity index (χ3v) is 14.0. The fourth-order valence-electron chi connectivity index (χ4n) is 6.90. The van der Waals surface area contributed by atoms with Crippen LogP contribution in [0.25, 0.3) is 22.7 Å². The Morgan fingerprint density at radius 2 is 1.73 bits per heavy atom. The minimum Gasteiger partial charge on any atom is -0.379 e. The summed E-state index contributed by atoms with van der Waals surface area (Å²) in [6, 6.07) is 4.14. The van der Waals surface area contributed by atoms with Crippen molar-refractivity contribution in [2.24, 2.45) is 11.3 Å². The van der Waals surface area contributed by atoms with E-state index in [1.54, 1.807) is 6.20 Å². The first-order chi connectivity index (χ1) is 22.5. The Morgan fingerprint density at radius 1 is 1.06 bits per heavy atom. The van der Waals surface area contributed by atoms with Crippen LogP contribution < -0.4 is 5.32 Å². The van der Waals surface area contributed by atoms with Crippen molar-refractivity contribution in [2.45, 2.75) is 110 Å². The Hall–Kier alpha value is -2.43. The van der Waals surface area contributed by atoms with Crippen LogP contribution in [0.2, 0.25) is 51.4 Å². The number of carbonyl (C=O) groups is 1. The molecule has 3 aromatic heterocycles. The average Bonchev–Trinajstić information content (AvgIpc) is 3.38. The maximum Gasteiger partial charge on any atom is 0.244 e. The quantitative estimate of drug-likeness (QED) is 0.159. The second-order valence-electron chi connectivity index (χ2n) is 17.4. The molecule has 2 aliphatic carbocycles. The molecule has 1 N–H and O–H groups in total. The van der Waals surface area contributed by atoms with Gasteiger partial charge in [-0.15, -0.1) is 0 Å². The number of hydrogen-bond acceptors (Lipinski definition) is 8. The van der Waals surface area contributed by atoms with Crippen LogP contribution in [0.5, 0.6) is 0 Å². The minimum absolute atomic E-state index is 0.0747. The maximum atomic E-state index is 13.5. The molecule has 0 bridgehead atoms. The number of pyridine rings is 1. The van der Waals surface area contributed by atoms with E-state index in [1.807, 2.05) is 19.9 Å². The zero-order valence-electron chi connectivity index (χ0n) is 30.7. The van der Waals surface area contributed by atoms with Gasteiger partial charge in [-0.2, -0.15) is 5.10 Å². The SMILES string of the molecule is CC(C)(C(=O)Nc1cnc2c(c1)nc(-c1nn(COCC[Si](C)(C)C)c3c1C[C@@H]1C[C@]1(C)C3)n2COCC[Si](C)(C)C)N1CCOCC1.